The molecule has 4 aromatic carbocycles. The molecule has 0 N–H and O–H groups in total. The van der Waals surface area contributed by atoms with Gasteiger partial charge in [0.25, 0.3) is 0 Å². The molecule has 0 bridgehead atoms. The number of fused-ring (bicyclic) bond motifs is 1. The van der Waals surface area contributed by atoms with Gasteiger partial charge in [0.15, 0.2) is 11.6 Å². The predicted molar refractivity (Wildman–Crippen MR) is 122 cm³/mol. The minimum absolute atomic E-state index is 0.167. The monoisotopic (exact) mass is 484 g/mol. The highest BCUT2D eigenvalue weighted by Gasteiger charge is 2.34. The zero-order valence-electron chi connectivity index (χ0n) is 18.4. The molecule has 0 heterocycles. The maximum Gasteiger partial charge on any atom is 0.573 e. The lowest BCUT2D eigenvalue weighted by atomic mass is 9.98. The van der Waals surface area contributed by atoms with Crippen LogP contribution in [0.2, 0.25) is 0 Å². The second kappa shape index (κ2) is 9.75. The summed E-state index contributed by atoms with van der Waals surface area (Å²) in [4.78, 5) is 0. The van der Waals surface area contributed by atoms with Gasteiger partial charge < -0.3 is 4.74 Å². The van der Waals surface area contributed by atoms with Gasteiger partial charge in [-0.15, -0.1) is 13.2 Å². The van der Waals surface area contributed by atoms with Crippen LogP contribution in [0.1, 0.15) is 30.0 Å². The Hall–Kier alpha value is -3.92. The SMILES string of the molecule is CCCc1ccc(C#Cc2ccc3c(F)c(-c4cc(F)c(OC(F)(F)F)c(F)c4)ccc3c2)cc1. The van der Waals surface area contributed by atoms with Crippen LogP contribution in [0.3, 0.4) is 0 Å². The van der Waals surface area contributed by atoms with Crippen molar-refractivity contribution < 1.29 is 31.1 Å². The molecule has 0 aliphatic heterocycles. The highest BCUT2D eigenvalue weighted by molar-refractivity contribution is 5.89. The summed E-state index contributed by atoms with van der Waals surface area (Å²) in [6.45, 7) is 2.11. The standard InChI is InChI=1S/C28H18F6O/c1-2-3-17-4-6-18(7-5-17)8-9-19-10-12-22-20(14-19)11-13-23(26(22)31)21-15-24(29)27(25(30)16-21)35-28(32,33)34/h4-7,10-16H,2-3H2,1H3. The molecule has 35 heavy (non-hydrogen) atoms. The topological polar surface area (TPSA) is 9.23 Å². The summed E-state index contributed by atoms with van der Waals surface area (Å²) in [5, 5.41) is 0.683. The van der Waals surface area contributed by atoms with Crippen molar-refractivity contribution in [2.24, 2.45) is 0 Å². The third-order valence-corrected chi connectivity index (χ3v) is 5.32. The lowest BCUT2D eigenvalue weighted by Gasteiger charge is -2.13. The van der Waals surface area contributed by atoms with Crippen LogP contribution in [0.5, 0.6) is 5.75 Å². The number of hydrogen-bond acceptors (Lipinski definition) is 1. The largest absolute Gasteiger partial charge is 0.573 e. The van der Waals surface area contributed by atoms with E-state index in [4.69, 9.17) is 0 Å². The van der Waals surface area contributed by atoms with E-state index >= 15 is 4.39 Å². The quantitative estimate of drug-likeness (QED) is 0.210. The van der Waals surface area contributed by atoms with Gasteiger partial charge in [-0.2, -0.15) is 0 Å². The van der Waals surface area contributed by atoms with Gasteiger partial charge in [-0.25, -0.2) is 13.2 Å². The number of rotatable bonds is 4. The van der Waals surface area contributed by atoms with Crippen molar-refractivity contribution >= 4 is 10.8 Å². The fourth-order valence-corrected chi connectivity index (χ4v) is 3.71. The molecule has 0 fully saturated rings. The van der Waals surface area contributed by atoms with Gasteiger partial charge >= 0.3 is 6.36 Å². The van der Waals surface area contributed by atoms with Crippen molar-refractivity contribution in [2.75, 3.05) is 0 Å². The first-order valence-corrected chi connectivity index (χ1v) is 10.7. The van der Waals surface area contributed by atoms with Gasteiger partial charge in [0.05, 0.1) is 0 Å². The lowest BCUT2D eigenvalue weighted by molar-refractivity contribution is -0.276. The van der Waals surface area contributed by atoms with E-state index in [-0.39, 0.29) is 16.5 Å². The Morgan fingerprint density at radius 3 is 2.03 bits per heavy atom. The molecule has 0 radical (unpaired) electrons. The van der Waals surface area contributed by atoms with Gasteiger partial charge in [-0.1, -0.05) is 55.5 Å². The van der Waals surface area contributed by atoms with E-state index in [1.807, 2.05) is 24.3 Å². The number of hydrogen-bond donors (Lipinski definition) is 0. The first kappa shape index (κ1) is 24.2. The Labute approximate surface area is 198 Å². The normalized spacial score (nSPS) is 11.3. The third kappa shape index (κ3) is 5.60. The number of alkyl halides is 3. The molecule has 0 aliphatic carbocycles. The number of aryl methyl sites for hydroxylation is 1. The van der Waals surface area contributed by atoms with Gasteiger partial charge in [0.2, 0.25) is 5.75 Å². The molecule has 1 nitrogen and oxygen atoms in total. The lowest BCUT2D eigenvalue weighted by Crippen LogP contribution is -2.19. The molecule has 0 unspecified atom stereocenters. The number of halogens is 6. The molecule has 0 aliphatic rings. The van der Waals surface area contributed by atoms with Crippen molar-refractivity contribution in [1.29, 1.82) is 0 Å². The fourth-order valence-electron chi connectivity index (χ4n) is 3.71. The average Bonchev–Trinajstić information content (AvgIpc) is 2.81. The Kier molecular flexibility index (Phi) is 6.74. The molecular formula is C28H18F6O. The van der Waals surface area contributed by atoms with Crippen molar-refractivity contribution in [1.82, 2.24) is 0 Å². The smallest absolute Gasteiger partial charge is 0.399 e. The molecule has 0 amide bonds. The minimum Gasteiger partial charge on any atom is -0.399 e. The van der Waals surface area contributed by atoms with Gasteiger partial charge in [-0.05, 0) is 59.3 Å². The molecule has 178 valence electrons. The van der Waals surface area contributed by atoms with Crippen molar-refractivity contribution in [3.05, 3.63) is 101 Å². The fraction of sp³-hybridized carbons (Fsp3) is 0.143. The zero-order chi connectivity index (χ0) is 25.2. The maximum absolute atomic E-state index is 15.2. The Morgan fingerprint density at radius 2 is 1.40 bits per heavy atom. The first-order valence-electron chi connectivity index (χ1n) is 10.7. The van der Waals surface area contributed by atoms with Gasteiger partial charge in [0.1, 0.15) is 5.82 Å². The van der Waals surface area contributed by atoms with Crippen molar-refractivity contribution in [3.8, 4) is 28.7 Å². The summed E-state index contributed by atoms with van der Waals surface area (Å²) < 4.78 is 83.9. The third-order valence-electron chi connectivity index (χ3n) is 5.32. The molecule has 0 spiro atoms. The van der Waals surface area contributed by atoms with Crippen LogP contribution in [-0.4, -0.2) is 6.36 Å². The molecule has 0 saturated heterocycles. The second-order valence-corrected chi connectivity index (χ2v) is 7.88. The Bertz CT molecular complexity index is 1420. The highest BCUT2D eigenvalue weighted by Crippen LogP contribution is 2.35. The molecular weight excluding hydrogens is 466 g/mol. The minimum atomic E-state index is -5.27. The summed E-state index contributed by atoms with van der Waals surface area (Å²) in [5.74, 6) is 0.551. The Morgan fingerprint density at radius 1 is 0.771 bits per heavy atom. The van der Waals surface area contributed by atoms with E-state index in [0.717, 1.165) is 18.4 Å². The van der Waals surface area contributed by atoms with E-state index in [9.17, 15) is 22.0 Å². The average molecular weight is 484 g/mol. The van der Waals surface area contributed by atoms with E-state index in [1.54, 1.807) is 18.2 Å². The van der Waals surface area contributed by atoms with Gasteiger partial charge in [-0.3, -0.25) is 0 Å². The molecule has 0 atom stereocenters. The van der Waals surface area contributed by atoms with Crippen LogP contribution >= 0.6 is 0 Å². The van der Waals surface area contributed by atoms with E-state index in [0.29, 0.717) is 23.1 Å². The maximum atomic E-state index is 15.2. The van der Waals surface area contributed by atoms with Crippen LogP contribution in [0.25, 0.3) is 21.9 Å². The van der Waals surface area contributed by atoms with E-state index in [2.05, 4.69) is 23.5 Å². The number of ether oxygens (including phenoxy) is 1. The van der Waals surface area contributed by atoms with Crippen LogP contribution in [-0.2, 0) is 6.42 Å². The second-order valence-electron chi connectivity index (χ2n) is 7.88. The van der Waals surface area contributed by atoms with E-state index in [1.165, 1.54) is 17.7 Å². The van der Waals surface area contributed by atoms with Crippen LogP contribution in [0, 0.1) is 29.3 Å². The summed E-state index contributed by atoms with van der Waals surface area (Å²) in [5.41, 5.74) is 2.29. The summed E-state index contributed by atoms with van der Waals surface area (Å²) in [6, 6.07) is 16.8. The molecule has 4 rings (SSSR count). The van der Waals surface area contributed by atoms with Crippen molar-refractivity contribution in [3.63, 3.8) is 0 Å². The predicted octanol–water partition coefficient (Wildman–Crippen LogP) is 8.18. The molecule has 7 heteroatoms. The summed E-state index contributed by atoms with van der Waals surface area (Å²) in [6.07, 6.45) is -3.21. The van der Waals surface area contributed by atoms with E-state index < -0.39 is 29.6 Å². The molecule has 4 aromatic rings. The summed E-state index contributed by atoms with van der Waals surface area (Å²) in [7, 11) is 0. The number of benzene rings is 4. The Balaban J connectivity index is 1.64. The summed E-state index contributed by atoms with van der Waals surface area (Å²) >= 11 is 0. The van der Waals surface area contributed by atoms with Crippen LogP contribution in [0.4, 0.5) is 26.3 Å². The zero-order valence-corrected chi connectivity index (χ0v) is 18.4. The van der Waals surface area contributed by atoms with Crippen LogP contribution < -0.4 is 4.74 Å². The molecule has 0 saturated carbocycles. The highest BCUT2D eigenvalue weighted by atomic mass is 19.4. The first-order chi connectivity index (χ1) is 16.6. The van der Waals surface area contributed by atoms with Crippen LogP contribution in [0.15, 0.2) is 66.7 Å². The molecule has 0 aromatic heterocycles. The van der Waals surface area contributed by atoms with Gasteiger partial charge in [0, 0.05) is 22.1 Å². The van der Waals surface area contributed by atoms with Crippen molar-refractivity contribution in [2.45, 2.75) is 26.1 Å².